The Kier molecular flexibility index (Phi) is 2.27. The number of aromatic nitrogens is 2. The van der Waals surface area contributed by atoms with E-state index in [1.54, 1.807) is 0 Å². The summed E-state index contributed by atoms with van der Waals surface area (Å²) in [5, 5.41) is 0.689. The van der Waals surface area contributed by atoms with Crippen molar-refractivity contribution in [3.8, 4) is 11.4 Å². The molecule has 0 saturated carbocycles. The number of H-pyrrole nitrogens is 1. The van der Waals surface area contributed by atoms with Gasteiger partial charge >= 0.3 is 0 Å². The molecule has 17 heavy (non-hydrogen) atoms. The number of aromatic amines is 1. The van der Waals surface area contributed by atoms with Crippen molar-refractivity contribution in [3.05, 3.63) is 47.5 Å². The smallest absolute Gasteiger partial charge is 0.140 e. The van der Waals surface area contributed by atoms with E-state index in [1.165, 1.54) is 0 Å². The summed E-state index contributed by atoms with van der Waals surface area (Å²) in [5.41, 5.74) is 9.32. The van der Waals surface area contributed by atoms with E-state index in [1.807, 2.05) is 42.5 Å². The number of nitrogens with one attached hydrogen (secondary N) is 1. The number of hydrogen-bond acceptors (Lipinski definition) is 2. The van der Waals surface area contributed by atoms with Crippen LogP contribution in [-0.4, -0.2) is 9.97 Å². The fraction of sp³-hybridized carbons (Fsp3) is 0. The second-order valence-corrected chi connectivity index (χ2v) is 4.27. The molecule has 1 heterocycles. The molecule has 3 aromatic rings. The number of para-hydroxylation sites is 1. The van der Waals surface area contributed by atoms with Crippen molar-refractivity contribution in [1.82, 2.24) is 9.97 Å². The van der Waals surface area contributed by atoms with Gasteiger partial charge in [0.2, 0.25) is 0 Å². The average Bonchev–Trinajstić information content (AvgIpc) is 2.72. The maximum absolute atomic E-state index is 5.93. The summed E-state index contributed by atoms with van der Waals surface area (Å²) in [6.07, 6.45) is 0. The summed E-state index contributed by atoms with van der Waals surface area (Å²) >= 11 is 5.93. The number of benzene rings is 2. The highest BCUT2D eigenvalue weighted by Gasteiger charge is 2.07. The van der Waals surface area contributed by atoms with Gasteiger partial charge < -0.3 is 10.7 Å². The minimum absolute atomic E-state index is 0.689. The van der Waals surface area contributed by atoms with Gasteiger partial charge in [0.25, 0.3) is 0 Å². The molecular weight excluding hydrogens is 234 g/mol. The van der Waals surface area contributed by atoms with Crippen LogP contribution in [0, 0.1) is 0 Å². The van der Waals surface area contributed by atoms with Gasteiger partial charge in [-0.25, -0.2) is 4.98 Å². The molecule has 0 bridgehead atoms. The van der Waals surface area contributed by atoms with Crippen molar-refractivity contribution in [2.24, 2.45) is 0 Å². The van der Waals surface area contributed by atoms with Crippen LogP contribution in [0.2, 0.25) is 5.02 Å². The second-order valence-electron chi connectivity index (χ2n) is 3.83. The number of halogens is 1. The van der Waals surface area contributed by atoms with E-state index in [-0.39, 0.29) is 0 Å². The molecule has 0 atom stereocenters. The minimum Gasteiger partial charge on any atom is -0.398 e. The first-order chi connectivity index (χ1) is 8.24. The summed E-state index contributed by atoms with van der Waals surface area (Å²) in [7, 11) is 0. The summed E-state index contributed by atoms with van der Waals surface area (Å²) in [5.74, 6) is 0.764. The molecule has 0 spiro atoms. The van der Waals surface area contributed by atoms with E-state index in [4.69, 9.17) is 17.3 Å². The lowest BCUT2D eigenvalue weighted by molar-refractivity contribution is 1.34. The molecule has 2 aromatic carbocycles. The lowest BCUT2D eigenvalue weighted by atomic mass is 10.2. The third-order valence-corrected chi connectivity index (χ3v) is 2.89. The summed E-state index contributed by atoms with van der Waals surface area (Å²) in [6.45, 7) is 0. The summed E-state index contributed by atoms with van der Waals surface area (Å²) in [4.78, 5) is 7.71. The molecule has 4 heteroatoms. The monoisotopic (exact) mass is 243 g/mol. The Morgan fingerprint density at radius 2 is 1.94 bits per heavy atom. The molecule has 0 aliphatic heterocycles. The van der Waals surface area contributed by atoms with E-state index in [0.29, 0.717) is 10.7 Å². The molecule has 3 rings (SSSR count). The number of nitrogens with zero attached hydrogens (tertiary/aromatic N) is 1. The van der Waals surface area contributed by atoms with Gasteiger partial charge in [0.15, 0.2) is 0 Å². The van der Waals surface area contributed by atoms with Gasteiger partial charge in [-0.2, -0.15) is 0 Å². The van der Waals surface area contributed by atoms with E-state index in [0.717, 1.165) is 22.4 Å². The number of nitrogens with two attached hydrogens (primary N) is 1. The Hall–Kier alpha value is -2.00. The first-order valence-corrected chi connectivity index (χ1v) is 5.62. The highest BCUT2D eigenvalue weighted by atomic mass is 35.5. The number of imidazole rings is 1. The molecule has 0 fully saturated rings. The number of hydrogen-bond donors (Lipinski definition) is 2. The molecule has 0 radical (unpaired) electrons. The molecule has 84 valence electrons. The van der Waals surface area contributed by atoms with Crippen molar-refractivity contribution in [1.29, 1.82) is 0 Å². The molecule has 0 aliphatic rings. The first kappa shape index (κ1) is 10.2. The molecule has 3 N–H and O–H groups in total. The van der Waals surface area contributed by atoms with Crippen molar-refractivity contribution in [2.75, 3.05) is 5.73 Å². The van der Waals surface area contributed by atoms with Crippen LogP contribution in [0.5, 0.6) is 0 Å². The van der Waals surface area contributed by atoms with Gasteiger partial charge in [0.1, 0.15) is 5.82 Å². The fourth-order valence-electron chi connectivity index (χ4n) is 1.82. The van der Waals surface area contributed by atoms with Gasteiger partial charge in [-0.05, 0) is 30.3 Å². The Morgan fingerprint density at radius 1 is 1.12 bits per heavy atom. The third kappa shape index (κ3) is 1.74. The molecule has 0 saturated heterocycles. The SMILES string of the molecule is Nc1ccccc1-c1nc2ccc(Cl)cc2[nH]1. The predicted octanol–water partition coefficient (Wildman–Crippen LogP) is 3.47. The molecule has 1 aromatic heterocycles. The van der Waals surface area contributed by atoms with Crippen molar-refractivity contribution in [2.45, 2.75) is 0 Å². The molecule has 0 aliphatic carbocycles. The summed E-state index contributed by atoms with van der Waals surface area (Å²) in [6, 6.07) is 13.2. The van der Waals surface area contributed by atoms with Crippen molar-refractivity contribution in [3.63, 3.8) is 0 Å². The van der Waals surface area contributed by atoms with Gasteiger partial charge in [0, 0.05) is 16.3 Å². The van der Waals surface area contributed by atoms with Gasteiger partial charge in [-0.1, -0.05) is 23.7 Å². The zero-order valence-corrected chi connectivity index (χ0v) is 9.70. The second kappa shape index (κ2) is 3.79. The molecule has 0 unspecified atom stereocenters. The standard InChI is InChI=1S/C13H10ClN3/c14-8-5-6-11-12(7-8)17-13(16-11)9-3-1-2-4-10(9)15/h1-7H,15H2,(H,16,17). The van der Waals surface area contributed by atoms with E-state index < -0.39 is 0 Å². The maximum atomic E-state index is 5.93. The van der Waals surface area contributed by atoms with Gasteiger partial charge in [0.05, 0.1) is 11.0 Å². The van der Waals surface area contributed by atoms with Crippen LogP contribution in [0.1, 0.15) is 0 Å². The Labute approximate surface area is 103 Å². The van der Waals surface area contributed by atoms with Crippen LogP contribution in [0.15, 0.2) is 42.5 Å². The maximum Gasteiger partial charge on any atom is 0.140 e. The van der Waals surface area contributed by atoms with E-state index >= 15 is 0 Å². The number of fused-ring (bicyclic) bond motifs is 1. The normalized spacial score (nSPS) is 10.9. The average molecular weight is 244 g/mol. The quantitative estimate of drug-likeness (QED) is 0.643. The predicted molar refractivity (Wildman–Crippen MR) is 71.0 cm³/mol. The lowest BCUT2D eigenvalue weighted by Gasteiger charge is -2.00. The number of nitrogen functional groups attached to an aromatic ring is 1. The largest absolute Gasteiger partial charge is 0.398 e. The van der Waals surface area contributed by atoms with Crippen LogP contribution < -0.4 is 5.73 Å². The highest BCUT2D eigenvalue weighted by Crippen LogP contribution is 2.26. The van der Waals surface area contributed by atoms with Gasteiger partial charge in [-0.15, -0.1) is 0 Å². The summed E-state index contributed by atoms with van der Waals surface area (Å²) < 4.78 is 0. The zero-order valence-electron chi connectivity index (χ0n) is 8.94. The van der Waals surface area contributed by atoms with Crippen molar-refractivity contribution >= 4 is 28.3 Å². The van der Waals surface area contributed by atoms with Crippen LogP contribution in [-0.2, 0) is 0 Å². The third-order valence-electron chi connectivity index (χ3n) is 2.66. The van der Waals surface area contributed by atoms with Crippen molar-refractivity contribution < 1.29 is 0 Å². The topological polar surface area (TPSA) is 54.7 Å². The van der Waals surface area contributed by atoms with E-state index in [2.05, 4.69) is 9.97 Å². The zero-order chi connectivity index (χ0) is 11.8. The van der Waals surface area contributed by atoms with Crippen LogP contribution in [0.4, 0.5) is 5.69 Å². The van der Waals surface area contributed by atoms with Crippen LogP contribution >= 0.6 is 11.6 Å². The first-order valence-electron chi connectivity index (χ1n) is 5.24. The van der Waals surface area contributed by atoms with Crippen LogP contribution in [0.25, 0.3) is 22.4 Å². The molecule has 3 nitrogen and oxygen atoms in total. The number of anilines is 1. The molecule has 0 amide bonds. The Balaban J connectivity index is 2.22. The lowest BCUT2D eigenvalue weighted by Crippen LogP contribution is -1.90. The number of rotatable bonds is 1. The fourth-order valence-corrected chi connectivity index (χ4v) is 1.99. The Bertz CT molecular complexity index is 688. The highest BCUT2D eigenvalue weighted by molar-refractivity contribution is 6.31. The minimum atomic E-state index is 0.689. The van der Waals surface area contributed by atoms with Gasteiger partial charge in [-0.3, -0.25) is 0 Å². The molecular formula is C13H10ClN3. The van der Waals surface area contributed by atoms with E-state index in [9.17, 15) is 0 Å². The van der Waals surface area contributed by atoms with Crippen LogP contribution in [0.3, 0.4) is 0 Å². The Morgan fingerprint density at radius 3 is 2.76 bits per heavy atom.